The summed E-state index contributed by atoms with van der Waals surface area (Å²) in [6.45, 7) is 11.3. The topological polar surface area (TPSA) is 37.4 Å². The zero-order valence-electron chi connectivity index (χ0n) is 13.4. The van der Waals surface area contributed by atoms with Crippen LogP contribution in [0.25, 0.3) is 0 Å². The molecule has 0 unspecified atom stereocenters. The minimum absolute atomic E-state index is 0.622. The van der Waals surface area contributed by atoms with Crippen LogP contribution in [-0.2, 0) is 11.3 Å². The SMILES string of the molecule is CCCNCc1cnccc1N(CCOC)CC(C)C. The standard InChI is InChI=1S/C16H29N3O/c1-5-7-17-11-15-12-18-8-6-16(15)19(9-10-20-4)13-14(2)3/h6,8,12,14,17H,5,7,9-11,13H2,1-4H3. The molecule has 0 atom stereocenters. The molecule has 1 aromatic heterocycles. The Balaban J connectivity index is 2.81. The number of hydrogen-bond donors (Lipinski definition) is 1. The van der Waals surface area contributed by atoms with E-state index in [9.17, 15) is 0 Å². The molecule has 114 valence electrons. The summed E-state index contributed by atoms with van der Waals surface area (Å²) in [7, 11) is 1.75. The summed E-state index contributed by atoms with van der Waals surface area (Å²) in [6.07, 6.45) is 4.99. The van der Waals surface area contributed by atoms with Crippen LogP contribution in [0.15, 0.2) is 18.5 Å². The molecule has 0 fully saturated rings. The molecule has 0 radical (unpaired) electrons. The second kappa shape index (κ2) is 9.72. The lowest BCUT2D eigenvalue weighted by molar-refractivity contribution is 0.204. The first kappa shape index (κ1) is 16.9. The molecule has 4 nitrogen and oxygen atoms in total. The lowest BCUT2D eigenvalue weighted by Crippen LogP contribution is -2.32. The predicted octanol–water partition coefficient (Wildman–Crippen LogP) is 2.69. The zero-order chi connectivity index (χ0) is 14.8. The van der Waals surface area contributed by atoms with Gasteiger partial charge in [-0.15, -0.1) is 0 Å². The van der Waals surface area contributed by atoms with E-state index in [0.29, 0.717) is 5.92 Å². The first-order valence-electron chi connectivity index (χ1n) is 7.56. The second-order valence-electron chi connectivity index (χ2n) is 5.51. The second-order valence-corrected chi connectivity index (χ2v) is 5.51. The molecule has 0 aliphatic heterocycles. The van der Waals surface area contributed by atoms with E-state index in [0.717, 1.165) is 39.2 Å². The Morgan fingerprint density at radius 1 is 1.40 bits per heavy atom. The van der Waals surface area contributed by atoms with E-state index in [2.05, 4.69) is 42.0 Å². The van der Waals surface area contributed by atoms with Gasteiger partial charge in [-0.1, -0.05) is 20.8 Å². The van der Waals surface area contributed by atoms with Crippen molar-refractivity contribution in [3.05, 3.63) is 24.0 Å². The molecule has 0 aliphatic carbocycles. The lowest BCUT2D eigenvalue weighted by atomic mass is 10.1. The number of methoxy groups -OCH3 is 1. The van der Waals surface area contributed by atoms with Crippen LogP contribution in [-0.4, -0.2) is 38.3 Å². The molecule has 20 heavy (non-hydrogen) atoms. The fraction of sp³-hybridized carbons (Fsp3) is 0.688. The van der Waals surface area contributed by atoms with Crippen molar-refractivity contribution in [3.8, 4) is 0 Å². The van der Waals surface area contributed by atoms with Gasteiger partial charge in [-0.05, 0) is 24.9 Å². The summed E-state index contributed by atoms with van der Waals surface area (Å²) in [5.41, 5.74) is 2.53. The predicted molar refractivity (Wildman–Crippen MR) is 85.2 cm³/mol. The molecule has 0 aromatic carbocycles. The average molecular weight is 279 g/mol. The summed E-state index contributed by atoms with van der Waals surface area (Å²) in [5.74, 6) is 0.622. The Labute approximate surface area is 123 Å². The first-order valence-corrected chi connectivity index (χ1v) is 7.56. The summed E-state index contributed by atoms with van der Waals surface area (Å²) in [5, 5.41) is 3.46. The molecule has 1 rings (SSSR count). The molecule has 0 aliphatic rings. The molecule has 1 aromatic rings. The van der Waals surface area contributed by atoms with Gasteiger partial charge in [-0.3, -0.25) is 4.98 Å². The number of ether oxygens (including phenoxy) is 1. The van der Waals surface area contributed by atoms with Crippen molar-refractivity contribution in [3.63, 3.8) is 0 Å². The third kappa shape index (κ3) is 5.88. The van der Waals surface area contributed by atoms with Crippen LogP contribution in [0.1, 0.15) is 32.8 Å². The van der Waals surface area contributed by atoms with Gasteiger partial charge in [0.2, 0.25) is 0 Å². The average Bonchev–Trinajstić information content (AvgIpc) is 2.44. The van der Waals surface area contributed by atoms with E-state index < -0.39 is 0 Å². The maximum absolute atomic E-state index is 5.24. The molecular weight excluding hydrogens is 250 g/mol. The normalized spacial score (nSPS) is 11.1. The summed E-state index contributed by atoms with van der Waals surface area (Å²) in [4.78, 5) is 6.67. The molecule has 1 heterocycles. The molecule has 4 heteroatoms. The molecule has 0 saturated carbocycles. The van der Waals surface area contributed by atoms with Crippen molar-refractivity contribution >= 4 is 5.69 Å². The smallest absolute Gasteiger partial charge is 0.0637 e. The fourth-order valence-corrected chi connectivity index (χ4v) is 2.22. The molecule has 0 bridgehead atoms. The number of aromatic nitrogens is 1. The van der Waals surface area contributed by atoms with Crippen LogP contribution >= 0.6 is 0 Å². The van der Waals surface area contributed by atoms with E-state index in [1.165, 1.54) is 11.3 Å². The van der Waals surface area contributed by atoms with Crippen LogP contribution in [0, 0.1) is 5.92 Å². The first-order chi connectivity index (χ1) is 9.69. The molecule has 1 N–H and O–H groups in total. The lowest BCUT2D eigenvalue weighted by Gasteiger charge is -2.28. The van der Waals surface area contributed by atoms with Crippen molar-refractivity contribution in [1.29, 1.82) is 0 Å². The number of anilines is 1. The van der Waals surface area contributed by atoms with Gasteiger partial charge in [0.05, 0.1) is 6.61 Å². The van der Waals surface area contributed by atoms with Crippen LogP contribution < -0.4 is 10.2 Å². The van der Waals surface area contributed by atoms with E-state index in [1.54, 1.807) is 7.11 Å². The van der Waals surface area contributed by atoms with Gasteiger partial charge in [0.25, 0.3) is 0 Å². The summed E-state index contributed by atoms with van der Waals surface area (Å²) < 4.78 is 5.24. The van der Waals surface area contributed by atoms with Crippen LogP contribution in [0.2, 0.25) is 0 Å². The van der Waals surface area contributed by atoms with Crippen molar-refractivity contribution < 1.29 is 4.74 Å². The van der Waals surface area contributed by atoms with E-state index in [4.69, 9.17) is 4.74 Å². The monoisotopic (exact) mass is 279 g/mol. The molecule has 0 spiro atoms. The summed E-state index contributed by atoms with van der Waals surface area (Å²) in [6, 6.07) is 2.11. The minimum Gasteiger partial charge on any atom is -0.383 e. The third-order valence-electron chi connectivity index (χ3n) is 3.11. The molecular formula is C16H29N3O. The van der Waals surface area contributed by atoms with E-state index in [1.807, 2.05) is 12.4 Å². The number of rotatable bonds is 10. The van der Waals surface area contributed by atoms with Gasteiger partial charge in [0, 0.05) is 50.4 Å². The highest BCUT2D eigenvalue weighted by Crippen LogP contribution is 2.20. The van der Waals surface area contributed by atoms with Crippen LogP contribution in [0.3, 0.4) is 0 Å². The van der Waals surface area contributed by atoms with Crippen molar-refractivity contribution in [2.75, 3.05) is 38.3 Å². The van der Waals surface area contributed by atoms with Gasteiger partial charge < -0.3 is 15.0 Å². The largest absolute Gasteiger partial charge is 0.383 e. The highest BCUT2D eigenvalue weighted by Gasteiger charge is 2.12. The number of hydrogen-bond acceptors (Lipinski definition) is 4. The Bertz CT molecular complexity index is 368. The van der Waals surface area contributed by atoms with Crippen molar-refractivity contribution in [1.82, 2.24) is 10.3 Å². The van der Waals surface area contributed by atoms with Crippen molar-refractivity contribution in [2.45, 2.75) is 33.7 Å². The Hall–Kier alpha value is -1.13. The minimum atomic E-state index is 0.622. The quantitative estimate of drug-likeness (QED) is 0.668. The van der Waals surface area contributed by atoms with Crippen molar-refractivity contribution in [2.24, 2.45) is 5.92 Å². The molecule has 0 amide bonds. The van der Waals surface area contributed by atoms with Gasteiger partial charge in [0.15, 0.2) is 0 Å². The Kier molecular flexibility index (Phi) is 8.23. The van der Waals surface area contributed by atoms with Gasteiger partial charge in [-0.25, -0.2) is 0 Å². The number of nitrogens with zero attached hydrogens (tertiary/aromatic N) is 2. The van der Waals surface area contributed by atoms with E-state index >= 15 is 0 Å². The van der Waals surface area contributed by atoms with Gasteiger partial charge >= 0.3 is 0 Å². The summed E-state index contributed by atoms with van der Waals surface area (Å²) >= 11 is 0. The van der Waals surface area contributed by atoms with Crippen LogP contribution in [0.5, 0.6) is 0 Å². The maximum Gasteiger partial charge on any atom is 0.0637 e. The molecule has 0 saturated heterocycles. The van der Waals surface area contributed by atoms with Gasteiger partial charge in [0.1, 0.15) is 0 Å². The third-order valence-corrected chi connectivity index (χ3v) is 3.11. The number of pyridine rings is 1. The zero-order valence-corrected chi connectivity index (χ0v) is 13.4. The Morgan fingerprint density at radius 3 is 2.85 bits per heavy atom. The highest BCUT2D eigenvalue weighted by atomic mass is 16.5. The number of nitrogens with one attached hydrogen (secondary N) is 1. The fourth-order valence-electron chi connectivity index (χ4n) is 2.22. The van der Waals surface area contributed by atoms with Crippen LogP contribution in [0.4, 0.5) is 5.69 Å². The maximum atomic E-state index is 5.24. The van der Waals surface area contributed by atoms with Gasteiger partial charge in [-0.2, -0.15) is 0 Å². The van der Waals surface area contributed by atoms with E-state index in [-0.39, 0.29) is 0 Å². The highest BCUT2D eigenvalue weighted by molar-refractivity contribution is 5.52. The Morgan fingerprint density at radius 2 is 2.20 bits per heavy atom.